The van der Waals surface area contributed by atoms with Crippen molar-refractivity contribution in [3.05, 3.63) is 80.9 Å². The van der Waals surface area contributed by atoms with E-state index in [9.17, 15) is 0 Å². The van der Waals surface area contributed by atoms with Crippen LogP contribution in [0.15, 0.2) is 36.4 Å². The molecule has 0 spiro atoms. The van der Waals surface area contributed by atoms with E-state index in [0.29, 0.717) is 0 Å². The molecule has 0 N–H and O–H groups in total. The third-order valence-corrected chi connectivity index (χ3v) is 6.84. The third-order valence-electron chi connectivity index (χ3n) is 6.84. The summed E-state index contributed by atoms with van der Waals surface area (Å²) < 4.78 is 0. The van der Waals surface area contributed by atoms with Gasteiger partial charge in [0.2, 0.25) is 0 Å². The lowest BCUT2D eigenvalue weighted by Crippen LogP contribution is -1.99. The van der Waals surface area contributed by atoms with Crippen LogP contribution in [0.3, 0.4) is 0 Å². The normalized spacial score (nSPS) is 11.1. The van der Waals surface area contributed by atoms with Crippen molar-refractivity contribution in [3.8, 4) is 22.3 Å². The Hall–Kier alpha value is -2.34. The lowest BCUT2D eigenvalue weighted by molar-refractivity contribution is 0.910. The van der Waals surface area contributed by atoms with Crippen molar-refractivity contribution < 1.29 is 0 Å². The van der Waals surface area contributed by atoms with E-state index in [1.54, 1.807) is 0 Å². The van der Waals surface area contributed by atoms with Crippen LogP contribution in [0.4, 0.5) is 0 Å². The Morgan fingerprint density at radius 1 is 0.464 bits per heavy atom. The summed E-state index contributed by atoms with van der Waals surface area (Å²) in [4.78, 5) is 0. The van der Waals surface area contributed by atoms with Gasteiger partial charge in [0.15, 0.2) is 0 Å². The summed E-state index contributed by atoms with van der Waals surface area (Å²) in [5.41, 5.74) is 16.8. The zero-order chi connectivity index (χ0) is 20.6. The van der Waals surface area contributed by atoms with E-state index >= 15 is 0 Å². The Bertz CT molecular complexity index is 1030. The molecule has 0 aliphatic heterocycles. The number of hydrogen-bond donors (Lipinski definition) is 0. The molecule has 0 bridgehead atoms. The average molecular weight is 371 g/mol. The lowest BCUT2D eigenvalue weighted by Gasteiger charge is -2.19. The average Bonchev–Trinajstić information content (AvgIpc) is 2.67. The van der Waals surface area contributed by atoms with Crippen LogP contribution in [-0.4, -0.2) is 0 Å². The summed E-state index contributed by atoms with van der Waals surface area (Å²) in [5, 5.41) is 0. The molecule has 0 heterocycles. The van der Waals surface area contributed by atoms with Crippen LogP contribution in [0.1, 0.15) is 57.9 Å². The van der Waals surface area contributed by atoms with Gasteiger partial charge < -0.3 is 0 Å². The molecular formula is C28H34. The van der Waals surface area contributed by atoms with Crippen molar-refractivity contribution >= 4 is 0 Å². The monoisotopic (exact) mass is 370 g/mol. The molecule has 3 aromatic rings. The van der Waals surface area contributed by atoms with Crippen molar-refractivity contribution in [2.75, 3.05) is 0 Å². The minimum Gasteiger partial charge on any atom is -0.0651 e. The van der Waals surface area contributed by atoms with Crippen LogP contribution in [0, 0.1) is 48.5 Å². The molecule has 0 aliphatic carbocycles. The highest BCUT2D eigenvalue weighted by Gasteiger charge is 2.15. The molecule has 0 fully saturated rings. The Labute approximate surface area is 171 Å². The number of hydrogen-bond acceptors (Lipinski definition) is 0. The minimum atomic E-state index is 1.16. The van der Waals surface area contributed by atoms with Gasteiger partial charge in [-0.05, 0) is 122 Å². The second-order valence-electron chi connectivity index (χ2n) is 8.36. The van der Waals surface area contributed by atoms with Gasteiger partial charge in [-0.2, -0.15) is 0 Å². The number of rotatable bonds is 4. The molecule has 0 amide bonds. The fourth-order valence-electron chi connectivity index (χ4n) is 4.36. The summed E-state index contributed by atoms with van der Waals surface area (Å²) in [6, 6.07) is 13.8. The molecule has 146 valence electrons. The van der Waals surface area contributed by atoms with Gasteiger partial charge in [-0.15, -0.1) is 0 Å². The van der Waals surface area contributed by atoms with Gasteiger partial charge in [0.05, 0.1) is 0 Å². The van der Waals surface area contributed by atoms with Crippen molar-refractivity contribution in [1.29, 1.82) is 0 Å². The van der Waals surface area contributed by atoms with Crippen LogP contribution >= 0.6 is 0 Å². The van der Waals surface area contributed by atoms with Gasteiger partial charge in [0, 0.05) is 0 Å². The van der Waals surface area contributed by atoms with Gasteiger partial charge in [-0.25, -0.2) is 0 Å². The van der Waals surface area contributed by atoms with Crippen LogP contribution in [0.5, 0.6) is 0 Å². The van der Waals surface area contributed by atoms with E-state index in [1.165, 1.54) is 73.2 Å². The first-order valence-electron chi connectivity index (χ1n) is 10.5. The van der Waals surface area contributed by atoms with Crippen molar-refractivity contribution in [2.45, 2.75) is 68.2 Å². The first kappa shape index (κ1) is 20.4. The summed E-state index contributed by atoms with van der Waals surface area (Å²) in [6.45, 7) is 18.0. The lowest BCUT2D eigenvalue weighted by atomic mass is 9.85. The second-order valence-corrected chi connectivity index (χ2v) is 8.36. The zero-order valence-corrected chi connectivity index (χ0v) is 18.9. The van der Waals surface area contributed by atoms with Crippen LogP contribution in [0.2, 0.25) is 0 Å². The molecule has 0 heteroatoms. The van der Waals surface area contributed by atoms with Gasteiger partial charge in [-0.1, -0.05) is 49.7 Å². The molecule has 3 aromatic carbocycles. The van der Waals surface area contributed by atoms with E-state index in [4.69, 9.17) is 0 Å². The number of aryl methyl sites for hydroxylation is 2. The number of benzene rings is 3. The predicted octanol–water partition coefficient (Wildman–Crippen LogP) is 8.13. The molecule has 0 aliphatic rings. The maximum atomic E-state index is 2.33. The van der Waals surface area contributed by atoms with Gasteiger partial charge in [-0.3, -0.25) is 0 Å². The van der Waals surface area contributed by atoms with E-state index in [2.05, 4.69) is 91.8 Å². The highest BCUT2D eigenvalue weighted by Crippen LogP contribution is 2.37. The third kappa shape index (κ3) is 3.41. The van der Waals surface area contributed by atoms with Gasteiger partial charge >= 0.3 is 0 Å². The SMILES string of the molecule is CCCc1ccc(-c2ccc(-c3ccc(C)c(C)c3C)c(C)c2C)c(C)c1C. The molecule has 0 nitrogen and oxygen atoms in total. The highest BCUT2D eigenvalue weighted by atomic mass is 14.2. The van der Waals surface area contributed by atoms with Gasteiger partial charge in [0.25, 0.3) is 0 Å². The molecule has 0 unspecified atom stereocenters. The Morgan fingerprint density at radius 2 is 0.857 bits per heavy atom. The predicted molar refractivity (Wildman–Crippen MR) is 124 cm³/mol. The summed E-state index contributed by atoms with van der Waals surface area (Å²) in [7, 11) is 0. The Morgan fingerprint density at radius 3 is 1.36 bits per heavy atom. The standard InChI is InChI=1S/C28H34/c1-9-10-24-12-14-26(21(6)19(24)4)28-16-15-27(22(7)23(28)8)25-13-11-17(2)18(3)20(25)5/h11-16H,9-10H2,1-8H3. The molecule has 0 saturated heterocycles. The van der Waals surface area contributed by atoms with Crippen molar-refractivity contribution in [2.24, 2.45) is 0 Å². The molecule has 3 rings (SSSR count). The smallest absolute Gasteiger partial charge is 0.0149 e. The van der Waals surface area contributed by atoms with E-state index in [1.807, 2.05) is 0 Å². The van der Waals surface area contributed by atoms with Gasteiger partial charge in [0.1, 0.15) is 0 Å². The van der Waals surface area contributed by atoms with E-state index in [-0.39, 0.29) is 0 Å². The van der Waals surface area contributed by atoms with Crippen LogP contribution in [0.25, 0.3) is 22.3 Å². The highest BCUT2D eigenvalue weighted by molar-refractivity contribution is 5.80. The van der Waals surface area contributed by atoms with Crippen LogP contribution < -0.4 is 0 Å². The molecule has 0 aromatic heterocycles. The maximum absolute atomic E-state index is 2.33. The van der Waals surface area contributed by atoms with E-state index < -0.39 is 0 Å². The first-order valence-corrected chi connectivity index (χ1v) is 10.5. The topological polar surface area (TPSA) is 0 Å². The molecule has 28 heavy (non-hydrogen) atoms. The fourth-order valence-corrected chi connectivity index (χ4v) is 4.36. The second kappa shape index (κ2) is 7.95. The summed E-state index contributed by atoms with van der Waals surface area (Å²) in [6.07, 6.45) is 2.36. The fraction of sp³-hybridized carbons (Fsp3) is 0.357. The summed E-state index contributed by atoms with van der Waals surface area (Å²) in [5.74, 6) is 0. The zero-order valence-electron chi connectivity index (χ0n) is 18.9. The molecular weight excluding hydrogens is 336 g/mol. The Balaban J connectivity index is 2.14. The largest absolute Gasteiger partial charge is 0.0651 e. The Kier molecular flexibility index (Phi) is 5.79. The maximum Gasteiger partial charge on any atom is -0.0149 e. The summed E-state index contributed by atoms with van der Waals surface area (Å²) >= 11 is 0. The molecule has 0 radical (unpaired) electrons. The quantitative estimate of drug-likeness (QED) is 0.435. The van der Waals surface area contributed by atoms with Crippen molar-refractivity contribution in [1.82, 2.24) is 0 Å². The molecule has 0 saturated carbocycles. The van der Waals surface area contributed by atoms with Crippen molar-refractivity contribution in [3.63, 3.8) is 0 Å². The van der Waals surface area contributed by atoms with Crippen LogP contribution in [-0.2, 0) is 6.42 Å². The first-order chi connectivity index (χ1) is 13.3. The minimum absolute atomic E-state index is 1.16. The molecule has 0 atom stereocenters. The van der Waals surface area contributed by atoms with E-state index in [0.717, 1.165) is 6.42 Å².